The number of rotatable bonds is 3. The largest absolute Gasteiger partial charge is 0.383 e. The highest BCUT2D eigenvalue weighted by atomic mass is 16.5. The fraction of sp³-hybridized carbons (Fsp3) is 0.929. The second-order valence-electron chi connectivity index (χ2n) is 7.07. The number of urea groups is 1. The molecule has 2 aliphatic rings. The molecule has 1 saturated carbocycles. The van der Waals surface area contributed by atoms with E-state index in [9.17, 15) is 4.79 Å². The lowest BCUT2D eigenvalue weighted by atomic mass is 9.65. The third kappa shape index (κ3) is 2.79. The van der Waals surface area contributed by atoms with Crippen molar-refractivity contribution in [2.75, 3.05) is 26.8 Å². The summed E-state index contributed by atoms with van der Waals surface area (Å²) in [5.41, 5.74) is 0.671. The maximum Gasteiger partial charge on any atom is 0.317 e. The van der Waals surface area contributed by atoms with Crippen molar-refractivity contribution in [3.63, 3.8) is 0 Å². The van der Waals surface area contributed by atoms with E-state index in [-0.39, 0.29) is 6.03 Å². The molecule has 2 atom stereocenters. The molecule has 0 aromatic heterocycles. The summed E-state index contributed by atoms with van der Waals surface area (Å²) in [5, 5.41) is 2.94. The molecule has 2 unspecified atom stereocenters. The summed E-state index contributed by atoms with van der Waals surface area (Å²) in [6.07, 6.45) is 3.51. The molecule has 1 aliphatic carbocycles. The summed E-state index contributed by atoms with van der Waals surface area (Å²) in [4.78, 5) is 14.2. The van der Waals surface area contributed by atoms with Crippen LogP contribution in [-0.4, -0.2) is 43.8 Å². The monoisotopic (exact) mass is 254 g/mol. The van der Waals surface area contributed by atoms with Gasteiger partial charge in [0.15, 0.2) is 0 Å². The first-order valence-electron chi connectivity index (χ1n) is 6.89. The van der Waals surface area contributed by atoms with E-state index in [1.165, 1.54) is 6.42 Å². The molecule has 1 saturated heterocycles. The summed E-state index contributed by atoms with van der Waals surface area (Å²) in [6.45, 7) is 9.04. The smallest absolute Gasteiger partial charge is 0.317 e. The van der Waals surface area contributed by atoms with E-state index in [4.69, 9.17) is 4.74 Å². The molecule has 4 heteroatoms. The van der Waals surface area contributed by atoms with E-state index >= 15 is 0 Å². The molecule has 0 aromatic carbocycles. The Morgan fingerprint density at radius 2 is 2.11 bits per heavy atom. The Morgan fingerprint density at radius 3 is 2.78 bits per heavy atom. The van der Waals surface area contributed by atoms with Crippen molar-refractivity contribution < 1.29 is 9.53 Å². The van der Waals surface area contributed by atoms with Gasteiger partial charge in [0.25, 0.3) is 0 Å². The summed E-state index contributed by atoms with van der Waals surface area (Å²) in [5.74, 6) is 0. The predicted molar refractivity (Wildman–Crippen MR) is 71.5 cm³/mol. The quantitative estimate of drug-likeness (QED) is 0.785. The molecule has 1 aliphatic heterocycles. The molecule has 2 fully saturated rings. The minimum absolute atomic E-state index is 0.0819. The average molecular weight is 254 g/mol. The van der Waals surface area contributed by atoms with E-state index in [0.717, 1.165) is 19.4 Å². The first kappa shape index (κ1) is 13.7. The van der Waals surface area contributed by atoms with Crippen LogP contribution in [0.3, 0.4) is 0 Å². The molecule has 0 aromatic rings. The number of fused-ring (bicyclic) bond motifs is 2. The van der Waals surface area contributed by atoms with Gasteiger partial charge in [0, 0.05) is 26.2 Å². The van der Waals surface area contributed by atoms with Gasteiger partial charge >= 0.3 is 6.03 Å². The number of likely N-dealkylation sites (tertiary alicyclic amines) is 1. The Labute approximate surface area is 110 Å². The Hall–Kier alpha value is -0.770. The van der Waals surface area contributed by atoms with Crippen molar-refractivity contribution in [3.8, 4) is 0 Å². The Bertz CT molecular complexity index is 330. The van der Waals surface area contributed by atoms with Crippen molar-refractivity contribution in [2.24, 2.45) is 10.8 Å². The van der Waals surface area contributed by atoms with E-state index in [0.29, 0.717) is 30.0 Å². The molecule has 1 heterocycles. The van der Waals surface area contributed by atoms with E-state index in [1.807, 2.05) is 4.90 Å². The predicted octanol–water partition coefficient (Wildman–Crippen LogP) is 2.24. The number of amides is 2. The van der Waals surface area contributed by atoms with Crippen LogP contribution in [0.25, 0.3) is 0 Å². The van der Waals surface area contributed by atoms with Crippen LogP contribution in [0.5, 0.6) is 0 Å². The van der Waals surface area contributed by atoms with Gasteiger partial charge in [-0.15, -0.1) is 0 Å². The number of hydrogen-bond donors (Lipinski definition) is 1. The molecule has 2 amide bonds. The Balaban J connectivity index is 1.98. The van der Waals surface area contributed by atoms with Gasteiger partial charge in [-0.1, -0.05) is 20.8 Å². The number of carbonyl (C=O) groups is 1. The maximum atomic E-state index is 12.2. The van der Waals surface area contributed by atoms with Gasteiger partial charge in [0.2, 0.25) is 0 Å². The fourth-order valence-electron chi connectivity index (χ4n) is 4.06. The molecule has 18 heavy (non-hydrogen) atoms. The molecule has 4 nitrogen and oxygen atoms in total. The molecule has 1 N–H and O–H groups in total. The number of nitrogens with zero attached hydrogens (tertiary/aromatic N) is 1. The minimum Gasteiger partial charge on any atom is -0.383 e. The van der Waals surface area contributed by atoms with Gasteiger partial charge in [-0.2, -0.15) is 0 Å². The van der Waals surface area contributed by atoms with Gasteiger partial charge in [0.05, 0.1) is 6.61 Å². The van der Waals surface area contributed by atoms with E-state index < -0.39 is 0 Å². The molecule has 2 rings (SSSR count). The average Bonchev–Trinajstić information content (AvgIpc) is 2.48. The van der Waals surface area contributed by atoms with Gasteiger partial charge in [-0.3, -0.25) is 0 Å². The standard InChI is InChI=1S/C14H26N2O2/c1-13(2)7-11-8-14(3,9-13)10-16(11)12(17)15-5-6-18-4/h11H,5-10H2,1-4H3,(H,15,17). The van der Waals surface area contributed by atoms with Crippen LogP contribution >= 0.6 is 0 Å². The summed E-state index contributed by atoms with van der Waals surface area (Å²) in [7, 11) is 1.65. The van der Waals surface area contributed by atoms with Gasteiger partial charge in [-0.25, -0.2) is 4.79 Å². The van der Waals surface area contributed by atoms with Crippen LogP contribution in [0.1, 0.15) is 40.0 Å². The molecule has 0 radical (unpaired) electrons. The van der Waals surface area contributed by atoms with Crippen LogP contribution in [0.2, 0.25) is 0 Å². The SMILES string of the molecule is COCCNC(=O)N1CC2(C)CC1CC(C)(C)C2. The third-order valence-corrected chi connectivity index (χ3v) is 4.26. The number of nitrogens with one attached hydrogen (secondary N) is 1. The highest BCUT2D eigenvalue weighted by molar-refractivity contribution is 5.75. The van der Waals surface area contributed by atoms with Crippen LogP contribution in [-0.2, 0) is 4.74 Å². The minimum atomic E-state index is 0.0819. The molecular formula is C14H26N2O2. The summed E-state index contributed by atoms with van der Waals surface area (Å²) in [6, 6.07) is 0.500. The fourth-order valence-corrected chi connectivity index (χ4v) is 4.06. The Morgan fingerprint density at radius 1 is 1.39 bits per heavy atom. The first-order chi connectivity index (χ1) is 8.35. The summed E-state index contributed by atoms with van der Waals surface area (Å²) < 4.78 is 4.96. The highest BCUT2D eigenvalue weighted by Gasteiger charge is 2.50. The van der Waals surface area contributed by atoms with Crippen molar-refractivity contribution in [3.05, 3.63) is 0 Å². The van der Waals surface area contributed by atoms with Gasteiger partial charge < -0.3 is 15.0 Å². The second-order valence-corrected chi connectivity index (χ2v) is 7.07. The lowest BCUT2D eigenvalue weighted by Gasteiger charge is -2.39. The third-order valence-electron chi connectivity index (χ3n) is 4.26. The number of carbonyl (C=O) groups excluding carboxylic acids is 1. The zero-order valence-electron chi connectivity index (χ0n) is 12.1. The van der Waals surface area contributed by atoms with Crippen LogP contribution in [0.4, 0.5) is 4.79 Å². The van der Waals surface area contributed by atoms with E-state index in [1.54, 1.807) is 7.11 Å². The zero-order chi connectivity index (χ0) is 13.4. The van der Waals surface area contributed by atoms with Crippen molar-refractivity contribution in [2.45, 2.75) is 46.1 Å². The highest BCUT2D eigenvalue weighted by Crippen LogP contribution is 2.52. The first-order valence-corrected chi connectivity index (χ1v) is 6.89. The summed E-state index contributed by atoms with van der Waals surface area (Å²) >= 11 is 0. The lowest BCUT2D eigenvalue weighted by Crippen LogP contribution is -2.44. The van der Waals surface area contributed by atoms with Crippen molar-refractivity contribution >= 4 is 6.03 Å². The van der Waals surface area contributed by atoms with Gasteiger partial charge in [0.1, 0.15) is 0 Å². The molecule has 2 bridgehead atoms. The Kier molecular flexibility index (Phi) is 3.58. The van der Waals surface area contributed by atoms with Crippen LogP contribution in [0.15, 0.2) is 0 Å². The van der Waals surface area contributed by atoms with Crippen molar-refractivity contribution in [1.29, 1.82) is 0 Å². The lowest BCUT2D eigenvalue weighted by molar-refractivity contribution is 0.128. The van der Waals surface area contributed by atoms with Crippen LogP contribution < -0.4 is 5.32 Å². The molecule has 0 spiro atoms. The van der Waals surface area contributed by atoms with E-state index in [2.05, 4.69) is 26.1 Å². The topological polar surface area (TPSA) is 41.6 Å². The van der Waals surface area contributed by atoms with Crippen LogP contribution in [0, 0.1) is 10.8 Å². The van der Waals surface area contributed by atoms with Gasteiger partial charge in [-0.05, 0) is 30.1 Å². The maximum absolute atomic E-state index is 12.2. The second kappa shape index (κ2) is 4.72. The number of hydrogen-bond acceptors (Lipinski definition) is 2. The normalized spacial score (nSPS) is 33.6. The zero-order valence-corrected chi connectivity index (χ0v) is 12.1. The molecule has 104 valence electrons. The molecular weight excluding hydrogens is 228 g/mol. The number of ether oxygens (including phenoxy) is 1. The number of methoxy groups -OCH3 is 1. The van der Waals surface area contributed by atoms with Crippen molar-refractivity contribution in [1.82, 2.24) is 10.2 Å².